The Kier molecular flexibility index (Phi) is 5.56. The van der Waals surface area contributed by atoms with Gasteiger partial charge in [-0.25, -0.2) is 0 Å². The van der Waals surface area contributed by atoms with Gasteiger partial charge in [-0.05, 0) is 38.0 Å². The van der Waals surface area contributed by atoms with E-state index in [1.807, 2.05) is 13.8 Å². The average Bonchev–Trinajstić information content (AvgIpc) is 2.34. The maximum atomic E-state index is 12.4. The molecule has 0 bridgehead atoms. The molecule has 0 aliphatic carbocycles. The molecule has 0 aromatic heterocycles. The van der Waals surface area contributed by atoms with E-state index < -0.39 is 17.7 Å². The second-order valence-electron chi connectivity index (χ2n) is 4.99. The van der Waals surface area contributed by atoms with E-state index in [9.17, 15) is 18.0 Å². The molecule has 1 unspecified atom stereocenters. The van der Waals surface area contributed by atoms with Crippen molar-refractivity contribution in [2.45, 2.75) is 32.5 Å². The van der Waals surface area contributed by atoms with E-state index in [1.165, 1.54) is 12.1 Å². The van der Waals surface area contributed by atoms with Crippen LogP contribution in [-0.4, -0.2) is 18.5 Å². The minimum absolute atomic E-state index is 0.00385. The van der Waals surface area contributed by atoms with Crippen molar-refractivity contribution in [2.24, 2.45) is 11.7 Å². The lowest BCUT2D eigenvalue weighted by molar-refractivity contribution is -0.137. The molecule has 0 saturated carbocycles. The van der Waals surface area contributed by atoms with Crippen molar-refractivity contribution in [3.05, 3.63) is 35.4 Å². The van der Waals surface area contributed by atoms with Crippen LogP contribution in [0.25, 0.3) is 0 Å². The van der Waals surface area contributed by atoms with E-state index in [2.05, 4.69) is 5.32 Å². The average molecular weight is 288 g/mol. The number of carbonyl (C=O) groups is 1. The number of halogens is 3. The summed E-state index contributed by atoms with van der Waals surface area (Å²) in [7, 11) is 0. The molecule has 0 aliphatic heterocycles. The SMILES string of the molecule is CC(C)NC(=O)C(CN)Cc1ccc(C(F)(F)F)cc1. The van der Waals surface area contributed by atoms with Gasteiger partial charge in [0.05, 0.1) is 11.5 Å². The molecular weight excluding hydrogens is 269 g/mol. The van der Waals surface area contributed by atoms with Crippen LogP contribution in [0.5, 0.6) is 0 Å². The van der Waals surface area contributed by atoms with Crippen molar-refractivity contribution in [2.75, 3.05) is 6.54 Å². The molecule has 1 aromatic rings. The summed E-state index contributed by atoms with van der Waals surface area (Å²) in [5, 5.41) is 2.75. The summed E-state index contributed by atoms with van der Waals surface area (Å²) in [6.45, 7) is 3.83. The van der Waals surface area contributed by atoms with E-state index in [0.717, 1.165) is 12.1 Å². The van der Waals surface area contributed by atoms with Crippen molar-refractivity contribution < 1.29 is 18.0 Å². The summed E-state index contributed by atoms with van der Waals surface area (Å²) in [5.41, 5.74) is 5.52. The molecule has 6 heteroatoms. The van der Waals surface area contributed by atoms with Gasteiger partial charge < -0.3 is 11.1 Å². The summed E-state index contributed by atoms with van der Waals surface area (Å²) in [6, 6.07) is 4.80. The van der Waals surface area contributed by atoms with Gasteiger partial charge in [0, 0.05) is 12.6 Å². The number of nitrogens with two attached hydrogens (primary N) is 1. The lowest BCUT2D eigenvalue weighted by Gasteiger charge is -2.17. The van der Waals surface area contributed by atoms with E-state index >= 15 is 0 Å². The second-order valence-corrected chi connectivity index (χ2v) is 4.99. The topological polar surface area (TPSA) is 55.1 Å². The molecule has 0 aliphatic rings. The Hall–Kier alpha value is -1.56. The van der Waals surface area contributed by atoms with Gasteiger partial charge in [0.15, 0.2) is 0 Å². The molecule has 3 N–H and O–H groups in total. The van der Waals surface area contributed by atoms with Crippen molar-refractivity contribution in [3.63, 3.8) is 0 Å². The number of carbonyl (C=O) groups excluding carboxylic acids is 1. The van der Waals surface area contributed by atoms with Crippen LogP contribution in [-0.2, 0) is 17.4 Å². The summed E-state index contributed by atoms with van der Waals surface area (Å²) in [5.74, 6) is -0.614. The third kappa shape index (κ3) is 4.85. The van der Waals surface area contributed by atoms with Gasteiger partial charge in [-0.15, -0.1) is 0 Å². The highest BCUT2D eigenvalue weighted by Crippen LogP contribution is 2.29. The first-order chi connectivity index (χ1) is 9.24. The Morgan fingerprint density at radius 3 is 2.20 bits per heavy atom. The molecule has 1 amide bonds. The zero-order valence-electron chi connectivity index (χ0n) is 11.5. The van der Waals surface area contributed by atoms with Crippen molar-refractivity contribution in [1.29, 1.82) is 0 Å². The lowest BCUT2D eigenvalue weighted by atomic mass is 9.97. The van der Waals surface area contributed by atoms with Gasteiger partial charge in [0.2, 0.25) is 5.91 Å². The smallest absolute Gasteiger partial charge is 0.354 e. The van der Waals surface area contributed by atoms with Crippen LogP contribution >= 0.6 is 0 Å². The largest absolute Gasteiger partial charge is 0.416 e. The fraction of sp³-hybridized carbons (Fsp3) is 0.500. The fourth-order valence-corrected chi connectivity index (χ4v) is 1.80. The van der Waals surface area contributed by atoms with Crippen LogP contribution in [0.2, 0.25) is 0 Å². The molecule has 0 saturated heterocycles. The monoisotopic (exact) mass is 288 g/mol. The number of rotatable bonds is 5. The fourth-order valence-electron chi connectivity index (χ4n) is 1.80. The predicted molar refractivity (Wildman–Crippen MR) is 71.0 cm³/mol. The Morgan fingerprint density at radius 1 is 1.25 bits per heavy atom. The third-order valence-electron chi connectivity index (χ3n) is 2.85. The van der Waals surface area contributed by atoms with E-state index in [1.54, 1.807) is 0 Å². The van der Waals surface area contributed by atoms with Crippen LogP contribution < -0.4 is 11.1 Å². The quantitative estimate of drug-likeness (QED) is 0.874. The molecule has 0 fully saturated rings. The first-order valence-electron chi connectivity index (χ1n) is 6.40. The molecule has 3 nitrogen and oxygen atoms in total. The van der Waals surface area contributed by atoms with Crippen LogP contribution in [0.4, 0.5) is 13.2 Å². The maximum absolute atomic E-state index is 12.4. The molecule has 112 valence electrons. The first-order valence-corrected chi connectivity index (χ1v) is 6.40. The number of benzene rings is 1. The Bertz CT molecular complexity index is 441. The summed E-state index contributed by atoms with van der Waals surface area (Å²) < 4.78 is 37.3. The van der Waals surface area contributed by atoms with E-state index in [-0.39, 0.29) is 18.5 Å². The Balaban J connectivity index is 2.73. The summed E-state index contributed by atoms with van der Waals surface area (Å²) in [6.07, 6.45) is -4.02. The van der Waals surface area contributed by atoms with Gasteiger partial charge in [-0.2, -0.15) is 13.2 Å². The van der Waals surface area contributed by atoms with Crippen LogP contribution in [0.15, 0.2) is 24.3 Å². The van der Waals surface area contributed by atoms with Crippen LogP contribution in [0, 0.1) is 5.92 Å². The van der Waals surface area contributed by atoms with Crippen molar-refractivity contribution >= 4 is 5.91 Å². The number of alkyl halides is 3. The molecule has 1 aromatic carbocycles. The number of amides is 1. The number of hydrogen-bond acceptors (Lipinski definition) is 2. The highest BCUT2D eigenvalue weighted by molar-refractivity contribution is 5.79. The molecule has 0 heterocycles. The molecule has 0 radical (unpaired) electrons. The minimum Gasteiger partial charge on any atom is -0.354 e. The van der Waals surface area contributed by atoms with Crippen LogP contribution in [0.3, 0.4) is 0 Å². The molecule has 20 heavy (non-hydrogen) atoms. The van der Waals surface area contributed by atoms with Gasteiger partial charge in [0.1, 0.15) is 0 Å². The van der Waals surface area contributed by atoms with Crippen molar-refractivity contribution in [1.82, 2.24) is 5.32 Å². The van der Waals surface area contributed by atoms with E-state index in [0.29, 0.717) is 12.0 Å². The van der Waals surface area contributed by atoms with Gasteiger partial charge in [0.25, 0.3) is 0 Å². The normalized spacial score (nSPS) is 13.3. The van der Waals surface area contributed by atoms with Gasteiger partial charge in [-0.1, -0.05) is 12.1 Å². The van der Waals surface area contributed by atoms with Crippen molar-refractivity contribution in [3.8, 4) is 0 Å². The molecule has 1 atom stereocenters. The van der Waals surface area contributed by atoms with E-state index in [4.69, 9.17) is 5.73 Å². The number of hydrogen-bond donors (Lipinski definition) is 2. The van der Waals surface area contributed by atoms with Gasteiger partial charge in [-0.3, -0.25) is 4.79 Å². The molecule has 0 spiro atoms. The second kappa shape index (κ2) is 6.74. The highest BCUT2D eigenvalue weighted by Gasteiger charge is 2.30. The molecule has 1 rings (SSSR count). The maximum Gasteiger partial charge on any atom is 0.416 e. The number of nitrogens with one attached hydrogen (secondary N) is 1. The lowest BCUT2D eigenvalue weighted by Crippen LogP contribution is -2.39. The first kappa shape index (κ1) is 16.5. The highest BCUT2D eigenvalue weighted by atomic mass is 19.4. The van der Waals surface area contributed by atoms with Crippen LogP contribution in [0.1, 0.15) is 25.0 Å². The summed E-state index contributed by atoms with van der Waals surface area (Å²) in [4.78, 5) is 11.8. The molecular formula is C14H19F3N2O. The third-order valence-corrected chi connectivity index (χ3v) is 2.85. The Morgan fingerprint density at radius 2 is 1.80 bits per heavy atom. The predicted octanol–water partition coefficient (Wildman–Crippen LogP) is 2.35. The Labute approximate surface area is 116 Å². The minimum atomic E-state index is -4.35. The standard InChI is InChI=1S/C14H19F3N2O/c1-9(2)19-13(20)11(8-18)7-10-3-5-12(6-4-10)14(15,16)17/h3-6,9,11H,7-8,18H2,1-2H3,(H,19,20). The zero-order valence-corrected chi connectivity index (χ0v) is 11.5. The van der Waals surface area contributed by atoms with Gasteiger partial charge >= 0.3 is 6.18 Å². The zero-order chi connectivity index (χ0) is 15.3. The summed E-state index contributed by atoms with van der Waals surface area (Å²) >= 11 is 0.